The number of rotatable bonds is 7. The van der Waals surface area contributed by atoms with Gasteiger partial charge in [-0.3, -0.25) is 5.32 Å². The van der Waals surface area contributed by atoms with E-state index in [0.717, 1.165) is 13.0 Å². The van der Waals surface area contributed by atoms with Gasteiger partial charge in [0, 0.05) is 12.6 Å². The molecule has 1 aliphatic rings. The normalized spacial score (nSPS) is 19.8. The van der Waals surface area contributed by atoms with Gasteiger partial charge in [-0.1, -0.05) is 91.0 Å². The van der Waals surface area contributed by atoms with Crippen molar-refractivity contribution in [3.63, 3.8) is 0 Å². The molecule has 2 nitrogen and oxygen atoms in total. The second kappa shape index (κ2) is 9.39. The van der Waals surface area contributed by atoms with Crippen molar-refractivity contribution in [3.8, 4) is 0 Å². The molecular weight excluding hydrogens is 354 g/mol. The highest BCUT2D eigenvalue weighted by molar-refractivity contribution is 5.49. The fraction of sp³-hybridized carbons (Fsp3) is 0.333. The topological polar surface area (TPSA) is 21.3 Å². The van der Waals surface area contributed by atoms with Gasteiger partial charge in [0.15, 0.2) is 0 Å². The Hall–Kier alpha value is -2.42. The first-order valence-corrected chi connectivity index (χ1v) is 10.9. The molecule has 0 saturated heterocycles. The minimum atomic E-state index is -0.386. The summed E-state index contributed by atoms with van der Waals surface area (Å²) >= 11 is 0. The maximum Gasteiger partial charge on any atom is 0.0950 e. The molecule has 1 fully saturated rings. The zero-order valence-electron chi connectivity index (χ0n) is 17.3. The quantitative estimate of drug-likeness (QED) is 0.510. The molecule has 0 bridgehead atoms. The van der Waals surface area contributed by atoms with E-state index in [9.17, 15) is 0 Å². The number of hydrogen-bond acceptors (Lipinski definition) is 2. The predicted molar refractivity (Wildman–Crippen MR) is 120 cm³/mol. The highest BCUT2D eigenvalue weighted by atomic mass is 16.5. The molecular formula is C27H31NO. The van der Waals surface area contributed by atoms with Crippen LogP contribution in [0.3, 0.4) is 0 Å². The van der Waals surface area contributed by atoms with Crippen molar-refractivity contribution in [2.24, 2.45) is 0 Å². The van der Waals surface area contributed by atoms with E-state index in [2.05, 4.69) is 103 Å². The minimum Gasteiger partial charge on any atom is -0.378 e. The molecule has 0 radical (unpaired) electrons. The van der Waals surface area contributed by atoms with E-state index in [-0.39, 0.29) is 5.54 Å². The van der Waals surface area contributed by atoms with Crippen LogP contribution in [0.15, 0.2) is 91.0 Å². The Kier molecular flexibility index (Phi) is 6.43. The van der Waals surface area contributed by atoms with Gasteiger partial charge < -0.3 is 4.74 Å². The number of ether oxygens (including phenoxy) is 1. The lowest BCUT2D eigenvalue weighted by Gasteiger charge is -2.42. The molecule has 150 valence electrons. The van der Waals surface area contributed by atoms with Gasteiger partial charge >= 0.3 is 0 Å². The van der Waals surface area contributed by atoms with Gasteiger partial charge in [0.05, 0.1) is 11.6 Å². The Bertz CT molecular complexity index is 764. The van der Waals surface area contributed by atoms with Gasteiger partial charge in [0.25, 0.3) is 0 Å². The first-order valence-electron chi connectivity index (χ1n) is 10.9. The smallest absolute Gasteiger partial charge is 0.0950 e. The summed E-state index contributed by atoms with van der Waals surface area (Å²) in [4.78, 5) is 0. The van der Waals surface area contributed by atoms with Crippen LogP contribution < -0.4 is 5.32 Å². The average Bonchev–Trinajstić information content (AvgIpc) is 2.80. The molecule has 0 aliphatic heterocycles. The zero-order chi connectivity index (χ0) is 19.9. The van der Waals surface area contributed by atoms with Crippen LogP contribution in [0.5, 0.6) is 0 Å². The molecule has 4 rings (SSSR count). The summed E-state index contributed by atoms with van der Waals surface area (Å²) in [6.45, 7) is 2.89. The summed E-state index contributed by atoms with van der Waals surface area (Å²) in [5, 5.41) is 4.13. The second-order valence-electron chi connectivity index (χ2n) is 7.93. The summed E-state index contributed by atoms with van der Waals surface area (Å²) in [7, 11) is 0. The lowest BCUT2D eigenvalue weighted by Crippen LogP contribution is -2.51. The van der Waals surface area contributed by atoms with Crippen LogP contribution in [-0.4, -0.2) is 18.8 Å². The van der Waals surface area contributed by atoms with E-state index in [1.807, 2.05) is 0 Å². The third kappa shape index (κ3) is 4.29. The summed E-state index contributed by atoms with van der Waals surface area (Å²) in [5.41, 5.74) is 3.44. The second-order valence-corrected chi connectivity index (χ2v) is 7.93. The first kappa shape index (κ1) is 19.9. The van der Waals surface area contributed by atoms with E-state index >= 15 is 0 Å². The fourth-order valence-corrected chi connectivity index (χ4v) is 4.78. The predicted octanol–water partition coefficient (Wildman–Crippen LogP) is 5.92. The first-order chi connectivity index (χ1) is 14.3. The Morgan fingerprint density at radius 3 is 1.69 bits per heavy atom. The molecule has 1 saturated carbocycles. The molecule has 2 heteroatoms. The van der Waals surface area contributed by atoms with Gasteiger partial charge in [-0.05, 0) is 49.3 Å². The monoisotopic (exact) mass is 385 g/mol. The maximum absolute atomic E-state index is 6.00. The number of nitrogens with one attached hydrogen (secondary N) is 1. The van der Waals surface area contributed by atoms with Crippen molar-refractivity contribution in [3.05, 3.63) is 108 Å². The van der Waals surface area contributed by atoms with E-state index in [1.165, 1.54) is 36.0 Å². The molecule has 0 amide bonds. The highest BCUT2D eigenvalue weighted by Crippen LogP contribution is 2.38. The van der Waals surface area contributed by atoms with E-state index in [4.69, 9.17) is 4.74 Å². The van der Waals surface area contributed by atoms with Gasteiger partial charge in [-0.15, -0.1) is 0 Å². The van der Waals surface area contributed by atoms with E-state index < -0.39 is 0 Å². The molecule has 29 heavy (non-hydrogen) atoms. The highest BCUT2D eigenvalue weighted by Gasteiger charge is 2.39. The molecule has 2 atom stereocenters. The van der Waals surface area contributed by atoms with E-state index in [1.54, 1.807) is 0 Å². The molecule has 0 aromatic heterocycles. The van der Waals surface area contributed by atoms with Gasteiger partial charge in [-0.2, -0.15) is 0 Å². The van der Waals surface area contributed by atoms with Crippen molar-refractivity contribution >= 4 is 0 Å². The van der Waals surface area contributed by atoms with Gasteiger partial charge in [0.1, 0.15) is 0 Å². The number of hydrogen-bond donors (Lipinski definition) is 1. The van der Waals surface area contributed by atoms with Crippen LogP contribution in [0, 0.1) is 0 Å². The fourth-order valence-electron chi connectivity index (χ4n) is 4.78. The van der Waals surface area contributed by atoms with Crippen LogP contribution in [0.2, 0.25) is 0 Å². The Morgan fingerprint density at radius 2 is 1.24 bits per heavy atom. The van der Waals surface area contributed by atoms with E-state index in [0.29, 0.717) is 12.1 Å². The van der Waals surface area contributed by atoms with Gasteiger partial charge in [0.2, 0.25) is 0 Å². The Morgan fingerprint density at radius 1 is 0.759 bits per heavy atom. The lowest BCUT2D eigenvalue weighted by molar-refractivity contribution is 0.0248. The SMILES string of the molecule is CCO[C@@H]1CCC[C@@H](NC(c2ccccc2)(c2ccccc2)c2ccccc2)C1. The largest absolute Gasteiger partial charge is 0.378 e. The van der Waals surface area contributed by atoms with Crippen LogP contribution >= 0.6 is 0 Å². The minimum absolute atomic E-state index is 0.353. The summed E-state index contributed by atoms with van der Waals surface area (Å²) < 4.78 is 6.00. The molecule has 0 unspecified atom stereocenters. The Labute approximate surface area is 174 Å². The maximum atomic E-state index is 6.00. The average molecular weight is 386 g/mol. The number of benzene rings is 3. The van der Waals surface area contributed by atoms with Crippen LogP contribution in [-0.2, 0) is 10.3 Å². The molecule has 1 aliphatic carbocycles. The third-order valence-corrected chi connectivity index (χ3v) is 6.07. The summed E-state index contributed by atoms with van der Waals surface area (Å²) in [6, 6.07) is 33.0. The molecule has 3 aromatic rings. The lowest BCUT2D eigenvalue weighted by atomic mass is 9.75. The van der Waals surface area contributed by atoms with Gasteiger partial charge in [-0.25, -0.2) is 0 Å². The summed E-state index contributed by atoms with van der Waals surface area (Å²) in [5.74, 6) is 0. The summed E-state index contributed by atoms with van der Waals surface area (Å²) in [6.07, 6.45) is 4.96. The molecule has 1 N–H and O–H groups in total. The molecule has 0 spiro atoms. The van der Waals surface area contributed by atoms with Crippen LogP contribution in [0.25, 0.3) is 0 Å². The Balaban J connectivity index is 1.82. The van der Waals surface area contributed by atoms with Crippen molar-refractivity contribution in [1.29, 1.82) is 0 Å². The van der Waals surface area contributed by atoms with Crippen molar-refractivity contribution in [1.82, 2.24) is 5.32 Å². The van der Waals surface area contributed by atoms with Crippen LogP contribution in [0.1, 0.15) is 49.3 Å². The zero-order valence-corrected chi connectivity index (χ0v) is 17.3. The van der Waals surface area contributed by atoms with Crippen LogP contribution in [0.4, 0.5) is 0 Å². The molecule has 3 aromatic carbocycles. The standard InChI is InChI=1S/C27H31NO/c1-2-29-26-20-12-19-25(21-26)28-27(22-13-6-3-7-14-22,23-15-8-4-9-16-23)24-17-10-5-11-18-24/h3-11,13-18,25-26,28H,2,12,19-21H2,1H3/t25-,26-/m1/s1. The molecule has 0 heterocycles. The van der Waals surface area contributed by atoms with Crippen molar-refractivity contribution in [2.75, 3.05) is 6.61 Å². The van der Waals surface area contributed by atoms with Crippen molar-refractivity contribution in [2.45, 2.75) is 50.3 Å². The third-order valence-electron chi connectivity index (χ3n) is 6.07. The van der Waals surface area contributed by atoms with Crippen molar-refractivity contribution < 1.29 is 4.74 Å².